The maximum atomic E-state index is 14.6. The number of amides is 1. The predicted molar refractivity (Wildman–Crippen MR) is 129 cm³/mol. The lowest BCUT2D eigenvalue weighted by molar-refractivity contribution is -0.137. The Labute approximate surface area is 212 Å². The van der Waals surface area contributed by atoms with Crippen molar-refractivity contribution in [1.82, 2.24) is 19.8 Å². The molecule has 2 aliphatic heterocycles. The molecular weight excluding hydrogens is 492 g/mol. The second kappa shape index (κ2) is 10.2. The molecular formula is C25H30F4N6O2. The van der Waals surface area contributed by atoms with Crippen LogP contribution >= 0.6 is 0 Å². The number of nitrogens with one attached hydrogen (secondary N) is 1. The summed E-state index contributed by atoms with van der Waals surface area (Å²) in [7, 11) is 0. The van der Waals surface area contributed by atoms with Gasteiger partial charge in [0, 0.05) is 56.8 Å². The molecule has 1 aromatic carbocycles. The summed E-state index contributed by atoms with van der Waals surface area (Å²) >= 11 is 0. The zero-order valence-corrected chi connectivity index (χ0v) is 21.1. The second-order valence-corrected chi connectivity index (χ2v) is 9.68. The van der Waals surface area contributed by atoms with Crippen LogP contribution in [0.4, 0.5) is 29.3 Å². The number of fused-ring (bicyclic) bond motifs is 1. The van der Waals surface area contributed by atoms with Crippen molar-refractivity contribution >= 4 is 24.0 Å². The van der Waals surface area contributed by atoms with E-state index >= 15 is 0 Å². The Morgan fingerprint density at radius 1 is 1.14 bits per heavy atom. The van der Waals surface area contributed by atoms with Crippen LogP contribution in [-0.4, -0.2) is 64.2 Å². The highest BCUT2D eigenvalue weighted by atomic mass is 19.4. The van der Waals surface area contributed by atoms with Gasteiger partial charge in [-0.15, -0.1) is 0 Å². The summed E-state index contributed by atoms with van der Waals surface area (Å²) in [5.41, 5.74) is 0.0732. The molecule has 0 aliphatic carbocycles. The van der Waals surface area contributed by atoms with E-state index in [9.17, 15) is 27.2 Å². The van der Waals surface area contributed by atoms with Crippen molar-refractivity contribution in [2.75, 3.05) is 36.4 Å². The molecule has 3 heterocycles. The number of hydrogen-bond donors (Lipinski definition) is 1. The van der Waals surface area contributed by atoms with Crippen molar-refractivity contribution in [2.45, 2.75) is 58.5 Å². The van der Waals surface area contributed by atoms with E-state index in [1.807, 2.05) is 23.6 Å². The Balaban J connectivity index is 1.72. The van der Waals surface area contributed by atoms with Gasteiger partial charge >= 0.3 is 6.18 Å². The first kappa shape index (κ1) is 26.8. The van der Waals surface area contributed by atoms with Crippen molar-refractivity contribution in [3.05, 3.63) is 46.4 Å². The van der Waals surface area contributed by atoms with Crippen LogP contribution in [0.25, 0.3) is 0 Å². The first-order valence-electron chi connectivity index (χ1n) is 12.2. The Morgan fingerprint density at radius 2 is 1.81 bits per heavy atom. The lowest BCUT2D eigenvalue weighted by Crippen LogP contribution is -2.48. The number of piperazine rings is 1. The number of carbonyl (C=O) groups is 2. The highest BCUT2D eigenvalue weighted by Gasteiger charge is 2.37. The van der Waals surface area contributed by atoms with E-state index in [1.165, 1.54) is 6.92 Å². The number of rotatable bonds is 6. The molecule has 0 radical (unpaired) electrons. The third-order valence-corrected chi connectivity index (χ3v) is 6.95. The van der Waals surface area contributed by atoms with Crippen LogP contribution in [0.1, 0.15) is 62.2 Å². The Morgan fingerprint density at radius 3 is 2.38 bits per heavy atom. The summed E-state index contributed by atoms with van der Waals surface area (Å²) in [6.45, 7) is 9.26. The lowest BCUT2D eigenvalue weighted by atomic mass is 10.0. The number of carbonyl (C=O) groups excluding carboxylic acids is 2. The summed E-state index contributed by atoms with van der Waals surface area (Å²) in [4.78, 5) is 38.8. The number of benzene rings is 1. The molecule has 1 unspecified atom stereocenters. The van der Waals surface area contributed by atoms with Gasteiger partial charge in [-0.3, -0.25) is 9.69 Å². The van der Waals surface area contributed by atoms with Crippen LogP contribution in [0.3, 0.4) is 0 Å². The first-order valence-corrected chi connectivity index (χ1v) is 12.2. The average molecular weight is 523 g/mol. The Kier molecular flexibility index (Phi) is 7.40. The molecule has 1 saturated heterocycles. The number of halogens is 4. The van der Waals surface area contributed by atoms with Crippen LogP contribution in [0.15, 0.2) is 18.2 Å². The van der Waals surface area contributed by atoms with Gasteiger partial charge < -0.3 is 19.9 Å². The van der Waals surface area contributed by atoms with E-state index in [0.717, 1.165) is 18.4 Å². The summed E-state index contributed by atoms with van der Waals surface area (Å²) in [5, 5.41) is 3.10. The molecule has 2 atom stereocenters. The van der Waals surface area contributed by atoms with E-state index in [4.69, 9.17) is 4.98 Å². The molecule has 12 heteroatoms. The third kappa shape index (κ3) is 5.39. The SMILES string of the molecule is CC(=O)N1CCN(c2nc(NC(C)c3cc(C(F)(F)F)ccc3F)c3c(n2)[C@H](C=O)N(C(C)C)C3)CC1. The van der Waals surface area contributed by atoms with Crippen LogP contribution in [-0.2, 0) is 22.3 Å². The van der Waals surface area contributed by atoms with Crippen molar-refractivity contribution in [3.8, 4) is 0 Å². The van der Waals surface area contributed by atoms with Crippen LogP contribution in [0.5, 0.6) is 0 Å². The molecule has 200 valence electrons. The molecule has 37 heavy (non-hydrogen) atoms. The smallest absolute Gasteiger partial charge is 0.363 e. The first-order chi connectivity index (χ1) is 17.4. The van der Waals surface area contributed by atoms with E-state index in [1.54, 1.807) is 11.8 Å². The molecule has 4 rings (SSSR count). The number of aromatic nitrogens is 2. The van der Waals surface area contributed by atoms with Crippen molar-refractivity contribution in [3.63, 3.8) is 0 Å². The topological polar surface area (TPSA) is 81.7 Å². The van der Waals surface area contributed by atoms with Gasteiger partial charge in [-0.25, -0.2) is 9.37 Å². The minimum absolute atomic E-state index is 0.0122. The molecule has 1 N–H and O–H groups in total. The van der Waals surface area contributed by atoms with Crippen molar-refractivity contribution in [1.29, 1.82) is 0 Å². The van der Waals surface area contributed by atoms with E-state index in [0.29, 0.717) is 61.8 Å². The largest absolute Gasteiger partial charge is 0.416 e. The fraction of sp³-hybridized carbons (Fsp3) is 0.520. The number of aldehydes is 1. The van der Waals surface area contributed by atoms with Gasteiger partial charge in [0.1, 0.15) is 24.0 Å². The number of anilines is 2. The minimum Gasteiger partial charge on any atom is -0.363 e. The maximum absolute atomic E-state index is 14.6. The van der Waals surface area contributed by atoms with E-state index < -0.39 is 29.6 Å². The zero-order valence-electron chi connectivity index (χ0n) is 21.1. The van der Waals surface area contributed by atoms with Crippen LogP contribution in [0, 0.1) is 5.82 Å². The van der Waals surface area contributed by atoms with Gasteiger partial charge in [-0.05, 0) is 39.0 Å². The van der Waals surface area contributed by atoms with Gasteiger partial charge in [0.25, 0.3) is 0 Å². The van der Waals surface area contributed by atoms with Gasteiger partial charge in [-0.1, -0.05) is 0 Å². The van der Waals surface area contributed by atoms with Gasteiger partial charge in [0.05, 0.1) is 17.3 Å². The van der Waals surface area contributed by atoms with E-state index in [2.05, 4.69) is 10.3 Å². The summed E-state index contributed by atoms with van der Waals surface area (Å²) in [6, 6.07) is 0.859. The number of nitrogens with zero attached hydrogens (tertiary/aromatic N) is 5. The third-order valence-electron chi connectivity index (χ3n) is 6.95. The molecule has 2 aliphatic rings. The standard InChI is InChI=1S/C25H30F4N6O2/c1-14(2)35-12-19-22(21(35)13-36)31-24(34-9-7-33(8-10-34)16(4)37)32-23(19)30-15(3)18-11-17(25(27,28)29)5-6-20(18)26/h5-6,11,13-15,21H,7-10,12H2,1-4H3,(H,30,31,32)/t15?,21-/m0/s1. The second-order valence-electron chi connectivity index (χ2n) is 9.68. The molecule has 0 spiro atoms. The quantitative estimate of drug-likeness (QED) is 0.455. The Hall–Kier alpha value is -3.28. The fourth-order valence-electron chi connectivity index (χ4n) is 4.79. The number of hydrogen-bond acceptors (Lipinski definition) is 7. The summed E-state index contributed by atoms with van der Waals surface area (Å²) in [5.74, 6) is -0.108. The highest BCUT2D eigenvalue weighted by molar-refractivity contribution is 5.73. The minimum atomic E-state index is -4.61. The molecule has 8 nitrogen and oxygen atoms in total. The lowest BCUT2D eigenvalue weighted by Gasteiger charge is -2.34. The molecule has 1 fully saturated rings. The molecule has 0 bridgehead atoms. The normalized spacial score (nSPS) is 19.2. The predicted octanol–water partition coefficient (Wildman–Crippen LogP) is 3.94. The van der Waals surface area contributed by atoms with Crippen molar-refractivity contribution in [2.24, 2.45) is 0 Å². The van der Waals surface area contributed by atoms with Gasteiger partial charge in [0.15, 0.2) is 0 Å². The monoisotopic (exact) mass is 522 g/mol. The fourth-order valence-corrected chi connectivity index (χ4v) is 4.79. The van der Waals surface area contributed by atoms with Gasteiger partial charge in [-0.2, -0.15) is 18.2 Å². The average Bonchev–Trinajstić information content (AvgIpc) is 3.23. The highest BCUT2D eigenvalue weighted by Crippen LogP contribution is 2.39. The van der Waals surface area contributed by atoms with Crippen molar-refractivity contribution < 1.29 is 27.2 Å². The van der Waals surface area contributed by atoms with Gasteiger partial charge in [0.2, 0.25) is 11.9 Å². The van der Waals surface area contributed by atoms with E-state index in [-0.39, 0.29) is 17.5 Å². The summed E-state index contributed by atoms with van der Waals surface area (Å²) < 4.78 is 54.4. The Bertz CT molecular complexity index is 1180. The molecule has 1 aromatic heterocycles. The number of alkyl halides is 3. The zero-order chi connectivity index (χ0) is 27.1. The van der Waals surface area contributed by atoms with Crippen LogP contribution < -0.4 is 10.2 Å². The molecule has 0 saturated carbocycles. The maximum Gasteiger partial charge on any atom is 0.416 e. The molecule has 1 amide bonds. The van der Waals surface area contributed by atoms with Crippen LogP contribution in [0.2, 0.25) is 0 Å². The molecule has 2 aromatic rings. The summed E-state index contributed by atoms with van der Waals surface area (Å²) in [6.07, 6.45) is -3.79.